The fraction of sp³-hybridized carbons (Fsp3) is 0. The molecule has 2 aliphatic rings. The number of nitro groups is 2. The normalized spacial score (nSPS) is 10.1. The molecule has 168 valence electrons. The summed E-state index contributed by atoms with van der Waals surface area (Å²) in [6.07, 6.45) is 0. The largest absolute Gasteiger partial charge is 1.00 e. The molecule has 0 unspecified atom stereocenters. The van der Waals surface area contributed by atoms with Crippen molar-refractivity contribution in [3.8, 4) is 22.5 Å². The zero-order chi connectivity index (χ0) is 23.3. The predicted molar refractivity (Wildman–Crippen MR) is 118 cm³/mol. The summed E-state index contributed by atoms with van der Waals surface area (Å²) in [6, 6.07) is 10.2. The number of hydrogen-bond donors (Lipinski definition) is 0. The summed E-state index contributed by atoms with van der Waals surface area (Å²) < 4.78 is 5.56. The van der Waals surface area contributed by atoms with E-state index in [1.165, 1.54) is 24.3 Å². The molecule has 35 heavy (non-hydrogen) atoms. The van der Waals surface area contributed by atoms with Gasteiger partial charge in [0.1, 0.15) is 10.2 Å². The third-order valence-electron chi connectivity index (χ3n) is 4.67. The molecule has 0 fully saturated rings. The van der Waals surface area contributed by atoms with Gasteiger partial charge in [-0.05, 0) is 31.5 Å². The molecule has 0 saturated heterocycles. The van der Waals surface area contributed by atoms with Gasteiger partial charge < -0.3 is 19.8 Å². The van der Waals surface area contributed by atoms with Crippen LogP contribution in [0.15, 0.2) is 54.6 Å². The molecule has 1 N–H and O–H groups in total. The zero-order valence-electron chi connectivity index (χ0n) is 17.8. The number of carboxylic acid groups (broad SMARTS) is 1. The molecule has 2 aromatic carbocycles. The SMILES string of the molecule is O=C([O-])c1ccccc1-c1c2cc([N+](=O)[O-])c(=O)c(Br)c-2oc2c(Br)[c-]c([N+](=O)[O-])cc12.[Na+].[Na+].[OH-]. The molecular weight excluding hydrogens is 618 g/mol. The van der Waals surface area contributed by atoms with Crippen LogP contribution in [0.2, 0.25) is 0 Å². The van der Waals surface area contributed by atoms with Gasteiger partial charge in [0.05, 0.1) is 10.9 Å². The molecule has 0 aromatic heterocycles. The van der Waals surface area contributed by atoms with Gasteiger partial charge in [-0.1, -0.05) is 57.7 Å². The maximum absolute atomic E-state index is 12.5. The quantitative estimate of drug-likeness (QED) is 0.0806. The number of aromatic carboxylic acids is 1. The van der Waals surface area contributed by atoms with Gasteiger partial charge in [-0.3, -0.25) is 25.0 Å². The minimum Gasteiger partial charge on any atom is -0.870 e. The third-order valence-corrected chi connectivity index (χ3v) is 5.95. The van der Waals surface area contributed by atoms with Crippen LogP contribution in [0, 0.1) is 26.3 Å². The molecule has 0 radical (unpaired) electrons. The number of carbonyl (C=O) groups is 1. The van der Waals surface area contributed by atoms with Crippen LogP contribution in [0.1, 0.15) is 10.4 Å². The van der Waals surface area contributed by atoms with Crippen molar-refractivity contribution in [2.45, 2.75) is 0 Å². The van der Waals surface area contributed by atoms with Crippen LogP contribution in [0.5, 0.6) is 0 Å². The van der Waals surface area contributed by atoms with Crippen LogP contribution >= 0.6 is 31.9 Å². The molecule has 15 heteroatoms. The van der Waals surface area contributed by atoms with Crippen molar-refractivity contribution in [1.29, 1.82) is 0 Å². The number of benzene rings is 3. The Balaban J connectivity index is 0.00000204. The summed E-state index contributed by atoms with van der Waals surface area (Å²) in [7, 11) is 0. The Morgan fingerprint density at radius 2 is 1.63 bits per heavy atom. The first kappa shape index (κ1) is 31.4. The van der Waals surface area contributed by atoms with Crippen molar-refractivity contribution in [2.24, 2.45) is 0 Å². The van der Waals surface area contributed by atoms with Crippen molar-refractivity contribution in [3.05, 3.63) is 87.4 Å². The van der Waals surface area contributed by atoms with Crippen LogP contribution in [0.4, 0.5) is 11.4 Å². The van der Waals surface area contributed by atoms with Crippen molar-refractivity contribution in [3.63, 3.8) is 0 Å². The number of hydrogen-bond acceptors (Lipinski definition) is 9. The van der Waals surface area contributed by atoms with Gasteiger partial charge in [0.15, 0.2) is 5.69 Å². The summed E-state index contributed by atoms with van der Waals surface area (Å²) in [5, 5.41) is 34.7. The molecule has 0 atom stereocenters. The van der Waals surface area contributed by atoms with E-state index in [1.54, 1.807) is 0 Å². The molecule has 0 saturated carbocycles. The molecule has 1 aliphatic carbocycles. The van der Waals surface area contributed by atoms with Gasteiger partial charge in [0.2, 0.25) is 0 Å². The summed E-state index contributed by atoms with van der Waals surface area (Å²) >= 11 is 6.18. The maximum Gasteiger partial charge on any atom is 1.00 e. The Labute approximate surface area is 256 Å². The van der Waals surface area contributed by atoms with E-state index in [4.69, 9.17) is 4.42 Å². The van der Waals surface area contributed by atoms with Crippen molar-refractivity contribution >= 4 is 60.2 Å². The first-order valence-corrected chi connectivity index (χ1v) is 10.1. The van der Waals surface area contributed by atoms with Gasteiger partial charge in [-0.25, -0.2) is 0 Å². The number of rotatable bonds is 4. The minimum atomic E-state index is -1.53. The van der Waals surface area contributed by atoms with Crippen molar-refractivity contribution in [2.75, 3.05) is 0 Å². The van der Waals surface area contributed by atoms with Gasteiger partial charge in [-0.15, -0.1) is 0 Å². The molecule has 1 heterocycles. The summed E-state index contributed by atoms with van der Waals surface area (Å²) in [5.74, 6) is -1.65. The molecule has 1 aliphatic heterocycles. The standard InChI is InChI=1S/C20H7Br2N2O8.2Na.H2O/c21-13-6-8(23(28)29)5-11-15(9-3-1-2-4-10(9)20(26)27)12-7-14(24(30)31)17(25)16(22)19(12)32-18(11)13;;;/h1-5,7H,(H,26,27);;;1H2/q-1;2*+1;/p-2. The number of nitro benzene ring substituents is 2. The predicted octanol–water partition coefficient (Wildman–Crippen LogP) is -2.10. The first-order valence-electron chi connectivity index (χ1n) is 8.56. The third kappa shape index (κ3) is 5.53. The molecule has 4 rings (SSSR count). The van der Waals surface area contributed by atoms with Gasteiger partial charge >= 0.3 is 64.8 Å². The van der Waals surface area contributed by atoms with Gasteiger partial charge in [0, 0.05) is 27.7 Å². The van der Waals surface area contributed by atoms with E-state index >= 15 is 0 Å². The van der Waals surface area contributed by atoms with Crippen LogP contribution in [0.3, 0.4) is 0 Å². The maximum atomic E-state index is 12.5. The molecule has 0 amide bonds. The molecule has 0 bridgehead atoms. The van der Waals surface area contributed by atoms with E-state index in [1.807, 2.05) is 0 Å². The number of nitrogens with zero attached hydrogens (tertiary/aromatic N) is 2. The number of fused-ring (bicyclic) bond motifs is 2. The number of non-ortho nitro benzene ring substituents is 2. The molecule has 0 spiro atoms. The Hall–Kier alpha value is -1.68. The van der Waals surface area contributed by atoms with Crippen LogP contribution in [-0.2, 0) is 0 Å². The smallest absolute Gasteiger partial charge is 0.870 e. The minimum absolute atomic E-state index is 0. The topological polar surface area (TPSA) is 187 Å². The Morgan fingerprint density at radius 1 is 1.00 bits per heavy atom. The number of carboxylic acids is 1. The molecule has 11 nitrogen and oxygen atoms in total. The Morgan fingerprint density at radius 3 is 2.20 bits per heavy atom. The van der Waals surface area contributed by atoms with E-state index in [0.29, 0.717) is 0 Å². The van der Waals surface area contributed by atoms with E-state index in [-0.39, 0.29) is 113 Å². The zero-order valence-corrected chi connectivity index (χ0v) is 25.0. The second-order valence-corrected chi connectivity index (χ2v) is 8.04. The van der Waals surface area contributed by atoms with Crippen LogP contribution < -0.4 is 69.6 Å². The first-order chi connectivity index (χ1) is 15.1. The van der Waals surface area contributed by atoms with Crippen LogP contribution in [0.25, 0.3) is 33.4 Å². The van der Waals surface area contributed by atoms with E-state index in [2.05, 4.69) is 37.9 Å². The summed E-state index contributed by atoms with van der Waals surface area (Å²) in [4.78, 5) is 45.5. The summed E-state index contributed by atoms with van der Waals surface area (Å²) in [5.41, 5.74) is -2.32. The second kappa shape index (κ2) is 12.0. The van der Waals surface area contributed by atoms with Crippen LogP contribution in [-0.4, -0.2) is 21.3 Å². The average Bonchev–Trinajstić information content (AvgIpc) is 2.74. The Bertz CT molecular complexity index is 1530. The fourth-order valence-electron chi connectivity index (χ4n) is 3.35. The molecular formula is C20H7Br2N2Na2O9-. The number of halogens is 2. The van der Waals surface area contributed by atoms with Gasteiger partial charge in [0.25, 0.3) is 5.43 Å². The van der Waals surface area contributed by atoms with Crippen molar-refractivity contribution in [1.82, 2.24) is 0 Å². The van der Waals surface area contributed by atoms with E-state index in [0.717, 1.165) is 12.1 Å². The van der Waals surface area contributed by atoms with E-state index < -0.39 is 32.6 Å². The monoisotopic (exact) mass is 623 g/mol. The van der Waals surface area contributed by atoms with E-state index in [9.17, 15) is 34.9 Å². The number of carbonyl (C=O) groups excluding carboxylic acids is 1. The van der Waals surface area contributed by atoms with Crippen molar-refractivity contribution < 1.29 is 88.8 Å². The average molecular weight is 625 g/mol. The second-order valence-electron chi connectivity index (χ2n) is 6.45. The van der Waals surface area contributed by atoms with Gasteiger partial charge in [-0.2, -0.15) is 0 Å². The molecule has 2 aromatic rings. The Kier molecular flexibility index (Phi) is 10.8. The fourth-order valence-corrected chi connectivity index (χ4v) is 4.34. The summed E-state index contributed by atoms with van der Waals surface area (Å²) in [6.45, 7) is 0.